The lowest BCUT2D eigenvalue weighted by molar-refractivity contribution is -0.140. The van der Waals surface area contributed by atoms with Crippen molar-refractivity contribution in [2.24, 2.45) is 39.6 Å². The van der Waals surface area contributed by atoms with Crippen molar-refractivity contribution in [1.82, 2.24) is 0 Å². The summed E-state index contributed by atoms with van der Waals surface area (Å²) >= 11 is 0. The lowest BCUT2D eigenvalue weighted by Crippen LogP contribution is -2.36. The summed E-state index contributed by atoms with van der Waals surface area (Å²) in [7, 11) is 0. The fraction of sp³-hybridized carbons (Fsp3) is 0.733. The summed E-state index contributed by atoms with van der Waals surface area (Å²) in [4.78, 5) is 33.7. The van der Waals surface area contributed by atoms with Gasteiger partial charge in [0.05, 0.1) is 6.61 Å². The number of carbonyl (C=O) groups is 3. The van der Waals surface area contributed by atoms with Gasteiger partial charge in [-0.25, -0.2) is 0 Å². The van der Waals surface area contributed by atoms with Crippen LogP contribution in [0.15, 0.2) is 4.99 Å². The zero-order valence-corrected chi connectivity index (χ0v) is 16.2. The smallest absolute Gasteiger partial charge is 0.322 e. The van der Waals surface area contributed by atoms with E-state index in [0.717, 1.165) is 6.42 Å². The van der Waals surface area contributed by atoms with Gasteiger partial charge in [0, 0.05) is 6.54 Å². The van der Waals surface area contributed by atoms with Gasteiger partial charge in [-0.1, -0.05) is 20.3 Å². The standard InChI is InChI=1S/C6H14N4O2.C6H13NO2.C3H7NO3/c7-4(5(11)12)2-1-3-10-6(8)9;1-3-4(2)5(7)6(8)9;4-2(1-5)3(6)7/h4H,1-3,7H2,(H,11,12)(H4,8,9,10);4-5H,3,7H2,1-2H3,(H,8,9);2,5H,1,4H2,(H,6,7)/t4-;4-,5-;2-/m000/s1. The van der Waals surface area contributed by atoms with Gasteiger partial charge in [0.15, 0.2) is 5.96 Å². The first-order valence-corrected chi connectivity index (χ1v) is 8.43. The topological polar surface area (TPSA) is 275 Å². The maximum Gasteiger partial charge on any atom is 0.322 e. The van der Waals surface area contributed by atoms with Gasteiger partial charge in [-0.05, 0) is 18.8 Å². The van der Waals surface area contributed by atoms with Gasteiger partial charge in [0.25, 0.3) is 0 Å². The molecule has 0 rings (SSSR count). The summed E-state index contributed by atoms with van der Waals surface area (Å²) in [6.45, 7) is 3.67. The molecule has 0 aliphatic heterocycles. The number of aliphatic hydroxyl groups excluding tert-OH is 1. The van der Waals surface area contributed by atoms with E-state index >= 15 is 0 Å². The minimum absolute atomic E-state index is 0.0129. The van der Waals surface area contributed by atoms with E-state index in [1.54, 1.807) is 0 Å². The molecule has 0 saturated heterocycles. The lowest BCUT2D eigenvalue weighted by atomic mass is 10.0. The summed E-state index contributed by atoms with van der Waals surface area (Å²) in [5.41, 5.74) is 25.4. The minimum atomic E-state index is -1.18. The highest BCUT2D eigenvalue weighted by Gasteiger charge is 2.17. The normalized spacial score (nSPS) is 13.9. The van der Waals surface area contributed by atoms with Crippen LogP contribution in [0, 0.1) is 5.92 Å². The fourth-order valence-corrected chi connectivity index (χ4v) is 1.22. The molecule has 0 aliphatic rings. The van der Waals surface area contributed by atoms with Crippen LogP contribution < -0.4 is 28.7 Å². The molecule has 0 saturated carbocycles. The average molecular weight is 410 g/mol. The monoisotopic (exact) mass is 410 g/mol. The van der Waals surface area contributed by atoms with Crippen molar-refractivity contribution in [2.75, 3.05) is 13.2 Å². The first kappa shape index (κ1) is 30.3. The molecule has 0 spiro atoms. The Balaban J connectivity index is -0.000000349. The second-order valence-corrected chi connectivity index (χ2v) is 5.77. The van der Waals surface area contributed by atoms with E-state index in [-0.39, 0.29) is 11.9 Å². The molecule has 0 radical (unpaired) electrons. The molecular weight excluding hydrogens is 376 g/mol. The van der Waals surface area contributed by atoms with Gasteiger partial charge < -0.3 is 49.1 Å². The second kappa shape index (κ2) is 17.9. The van der Waals surface area contributed by atoms with Gasteiger partial charge in [-0.2, -0.15) is 0 Å². The van der Waals surface area contributed by atoms with Crippen LogP contribution in [-0.4, -0.2) is 75.6 Å². The Bertz CT molecular complexity index is 486. The molecule has 14 N–H and O–H groups in total. The summed E-state index contributed by atoms with van der Waals surface area (Å²) in [5, 5.41) is 32.6. The van der Waals surface area contributed by atoms with Crippen LogP contribution in [0.5, 0.6) is 0 Å². The van der Waals surface area contributed by atoms with Crippen LogP contribution in [0.3, 0.4) is 0 Å². The molecule has 13 nitrogen and oxygen atoms in total. The zero-order valence-electron chi connectivity index (χ0n) is 16.2. The maximum absolute atomic E-state index is 10.2. The lowest BCUT2D eigenvalue weighted by Gasteiger charge is -2.11. The Hall–Kier alpha value is -2.48. The second-order valence-electron chi connectivity index (χ2n) is 5.77. The first-order valence-electron chi connectivity index (χ1n) is 8.43. The van der Waals surface area contributed by atoms with Crippen molar-refractivity contribution >= 4 is 23.9 Å². The largest absolute Gasteiger partial charge is 0.480 e. The Morgan fingerprint density at radius 2 is 1.39 bits per heavy atom. The molecule has 0 aromatic heterocycles. The number of hydrogen-bond acceptors (Lipinski definition) is 8. The van der Waals surface area contributed by atoms with E-state index in [1.807, 2.05) is 13.8 Å². The van der Waals surface area contributed by atoms with Crippen molar-refractivity contribution in [3.05, 3.63) is 0 Å². The molecule has 0 bridgehead atoms. The zero-order chi connectivity index (χ0) is 22.9. The Morgan fingerprint density at radius 3 is 1.61 bits per heavy atom. The van der Waals surface area contributed by atoms with E-state index in [2.05, 4.69) is 4.99 Å². The van der Waals surface area contributed by atoms with Crippen LogP contribution in [0.25, 0.3) is 0 Å². The quantitative estimate of drug-likeness (QED) is 0.101. The third-order valence-corrected chi connectivity index (χ3v) is 3.34. The van der Waals surface area contributed by atoms with Crippen LogP contribution in [-0.2, 0) is 14.4 Å². The molecule has 0 unspecified atom stereocenters. The number of carboxylic acids is 3. The minimum Gasteiger partial charge on any atom is -0.480 e. The Labute approximate surface area is 163 Å². The SMILES string of the molecule is CC[C@H](C)[C@H](N)C(=O)O.NC(N)=NCCC[C@H](N)C(=O)O.N[C@@H](CO)C(=O)O. The van der Waals surface area contributed by atoms with Crippen molar-refractivity contribution in [3.63, 3.8) is 0 Å². The van der Waals surface area contributed by atoms with E-state index in [0.29, 0.717) is 19.4 Å². The first-order chi connectivity index (χ1) is 12.8. The number of aliphatic imine (C=N–C) groups is 1. The fourth-order valence-electron chi connectivity index (χ4n) is 1.22. The Morgan fingerprint density at radius 1 is 0.929 bits per heavy atom. The highest BCUT2D eigenvalue weighted by atomic mass is 16.4. The molecule has 166 valence electrons. The number of nitrogens with zero attached hydrogens (tertiary/aromatic N) is 1. The Kier molecular flexibility index (Phi) is 19.4. The summed E-state index contributed by atoms with van der Waals surface area (Å²) in [5.74, 6) is -3.01. The molecule has 13 heteroatoms. The molecular formula is C15H34N6O7. The van der Waals surface area contributed by atoms with E-state index in [1.165, 1.54) is 0 Å². The number of aliphatic hydroxyl groups is 1. The molecule has 0 fully saturated rings. The summed E-state index contributed by atoms with van der Waals surface area (Å²) in [6.07, 6.45) is 1.77. The maximum atomic E-state index is 10.2. The van der Waals surface area contributed by atoms with Crippen LogP contribution in [0.2, 0.25) is 0 Å². The van der Waals surface area contributed by atoms with E-state index < -0.39 is 42.6 Å². The number of nitrogens with two attached hydrogens (primary N) is 5. The van der Waals surface area contributed by atoms with Crippen LogP contribution in [0.4, 0.5) is 0 Å². The van der Waals surface area contributed by atoms with Gasteiger partial charge >= 0.3 is 17.9 Å². The molecule has 4 atom stereocenters. The summed E-state index contributed by atoms with van der Waals surface area (Å²) < 4.78 is 0. The van der Waals surface area contributed by atoms with Crippen LogP contribution >= 0.6 is 0 Å². The van der Waals surface area contributed by atoms with Crippen molar-refractivity contribution in [3.8, 4) is 0 Å². The number of carboxylic acid groups (broad SMARTS) is 3. The van der Waals surface area contributed by atoms with Crippen LogP contribution in [0.1, 0.15) is 33.1 Å². The van der Waals surface area contributed by atoms with Crippen molar-refractivity contribution in [1.29, 1.82) is 0 Å². The molecule has 0 aromatic rings. The molecule has 0 heterocycles. The summed E-state index contributed by atoms with van der Waals surface area (Å²) in [6, 6.07) is -2.64. The van der Waals surface area contributed by atoms with E-state index in [9.17, 15) is 14.4 Å². The highest BCUT2D eigenvalue weighted by Crippen LogP contribution is 2.04. The predicted octanol–water partition coefficient (Wildman–Crippen LogP) is -2.71. The van der Waals surface area contributed by atoms with Crippen molar-refractivity contribution in [2.45, 2.75) is 51.2 Å². The molecule has 0 amide bonds. The molecule has 28 heavy (non-hydrogen) atoms. The van der Waals surface area contributed by atoms with E-state index in [4.69, 9.17) is 49.1 Å². The molecule has 0 aromatic carbocycles. The third-order valence-electron chi connectivity index (χ3n) is 3.34. The van der Waals surface area contributed by atoms with Crippen molar-refractivity contribution < 1.29 is 34.8 Å². The average Bonchev–Trinajstić information content (AvgIpc) is 2.63. The number of rotatable bonds is 10. The third kappa shape index (κ3) is 19.8. The van der Waals surface area contributed by atoms with Gasteiger partial charge in [-0.3, -0.25) is 19.4 Å². The number of guanidine groups is 1. The number of hydrogen-bond donors (Lipinski definition) is 9. The number of aliphatic carboxylic acids is 3. The highest BCUT2D eigenvalue weighted by molar-refractivity contribution is 5.75. The predicted molar refractivity (Wildman–Crippen MR) is 103 cm³/mol. The molecule has 0 aliphatic carbocycles. The van der Waals surface area contributed by atoms with Gasteiger partial charge in [0.1, 0.15) is 18.1 Å². The van der Waals surface area contributed by atoms with Gasteiger partial charge in [0.2, 0.25) is 0 Å². The van der Waals surface area contributed by atoms with Gasteiger partial charge in [-0.15, -0.1) is 0 Å².